The molecule has 17 aromatic carbocycles. The molecule has 115 heavy (non-hydrogen) atoms. The minimum atomic E-state index is 0. The summed E-state index contributed by atoms with van der Waals surface area (Å²) < 4.78 is 10.6. The van der Waals surface area contributed by atoms with Gasteiger partial charge in [0.1, 0.15) is 0 Å². The number of rotatable bonds is 13. The normalized spacial score (nSPS) is 10.6. The molecule has 3 aromatic heterocycles. The highest BCUT2D eigenvalue weighted by molar-refractivity contribution is 9.11. The van der Waals surface area contributed by atoms with Crippen molar-refractivity contribution in [1.82, 2.24) is 9.13 Å². The van der Waals surface area contributed by atoms with Crippen LogP contribution < -0.4 is 15.5 Å². The Balaban J connectivity index is 0.000000141. The van der Waals surface area contributed by atoms with Crippen molar-refractivity contribution in [2.45, 2.75) is 29.7 Å². The second kappa shape index (κ2) is 37.4. The first-order valence-corrected chi connectivity index (χ1v) is 40.1. The summed E-state index contributed by atoms with van der Waals surface area (Å²) in [5.41, 5.74) is 24.5. The van der Waals surface area contributed by atoms with Gasteiger partial charge in [0.05, 0.1) is 22.1 Å². The topological polar surface area (TPSA) is 37.2 Å². The second-order valence-corrected chi connectivity index (χ2v) is 30.8. The molecular weight excluding hydrogens is 1610 g/mol. The van der Waals surface area contributed by atoms with E-state index in [1.165, 1.54) is 103 Å². The predicted octanol–water partition coefficient (Wildman–Crippen LogP) is 33.8. The number of benzene rings is 17. The molecule has 5 nitrogen and oxygen atoms in total. The molecule has 9 heteroatoms. The first-order valence-electron chi connectivity index (χ1n) is 36.9. The number of thiophene rings is 1. The van der Waals surface area contributed by atoms with Gasteiger partial charge in [0.15, 0.2) is 0 Å². The molecule has 0 unspecified atom stereocenters. The summed E-state index contributed by atoms with van der Waals surface area (Å²) in [6.07, 6.45) is 0. The fourth-order valence-corrected chi connectivity index (χ4v) is 17.5. The Morgan fingerprint density at radius 1 is 0.209 bits per heavy atom. The van der Waals surface area contributed by atoms with Crippen LogP contribution in [0.1, 0.15) is 29.7 Å². The molecule has 0 aliphatic rings. The van der Waals surface area contributed by atoms with Crippen molar-refractivity contribution in [3.8, 4) is 55.9 Å². The van der Waals surface area contributed by atoms with E-state index in [2.05, 4.69) is 455 Å². The zero-order chi connectivity index (χ0) is 74.8. The summed E-state index contributed by atoms with van der Waals surface area (Å²) in [5.74, 6) is 0. The van der Waals surface area contributed by atoms with Gasteiger partial charge in [0.25, 0.3) is 0 Å². The molecule has 2 N–H and O–H groups in total. The number of anilines is 7. The molecule has 564 valence electrons. The molecule has 0 bridgehead atoms. The Morgan fingerprint density at radius 2 is 0.548 bits per heavy atom. The number of halogens is 3. The minimum absolute atomic E-state index is 0. The van der Waals surface area contributed by atoms with Crippen LogP contribution in [0.5, 0.6) is 0 Å². The van der Waals surface area contributed by atoms with E-state index < -0.39 is 0 Å². The summed E-state index contributed by atoms with van der Waals surface area (Å²) in [4.78, 5) is 2.32. The maximum absolute atomic E-state index is 3.86. The zero-order valence-electron chi connectivity index (χ0n) is 60.3. The highest BCUT2D eigenvalue weighted by atomic mass is 79.9. The van der Waals surface area contributed by atoms with Crippen LogP contribution in [-0.2, 0) is 0 Å². The minimum Gasteiger partial charge on any atom is -0.356 e. The maximum atomic E-state index is 3.86. The van der Waals surface area contributed by atoms with Gasteiger partial charge in [-0.3, -0.25) is 0 Å². The van der Waals surface area contributed by atoms with Crippen LogP contribution in [-0.4, -0.2) is 9.13 Å². The van der Waals surface area contributed by atoms with Gasteiger partial charge >= 0.3 is 0 Å². The van der Waals surface area contributed by atoms with E-state index in [-0.39, 0.29) is 29.7 Å². The maximum Gasteiger partial charge on any atom is 0.0547 e. The molecule has 0 saturated heterocycles. The summed E-state index contributed by atoms with van der Waals surface area (Å²) in [5, 5.41) is 14.6. The largest absolute Gasteiger partial charge is 0.356 e. The van der Waals surface area contributed by atoms with Gasteiger partial charge in [-0.25, -0.2) is 0 Å². The van der Waals surface area contributed by atoms with Crippen LogP contribution in [0.2, 0.25) is 0 Å². The predicted molar refractivity (Wildman–Crippen MR) is 513 cm³/mol. The number of nitrogens with one attached hydrogen (secondary N) is 2. The van der Waals surface area contributed by atoms with Gasteiger partial charge in [-0.05, 0) is 214 Å². The van der Waals surface area contributed by atoms with Gasteiger partial charge in [-0.1, -0.05) is 332 Å². The molecule has 20 rings (SSSR count). The van der Waals surface area contributed by atoms with Crippen LogP contribution in [0.4, 0.5) is 39.8 Å². The SMILES string of the molecule is Brc1cc(-c2ccc3c4ccccc4n(-c4ccccc4)c3c2)cc(N(c2ccccc2)c2ccc(-c3ccccc3)cc2)c1.Brc1cc(Br)cc(-c2ccc3c4ccccc4n(-c4ccccc4)c3c2)c1.C.C.C.C.c1ccc(Nc2ccc(-c3ccccc3)cc2)cc1.c1ccc(Nc2ccc3sc4ccccc4c3c2)cc1. The first kappa shape index (κ1) is 80.4. The number of para-hydroxylation sites is 7. The molecule has 0 amide bonds. The lowest BCUT2D eigenvalue weighted by atomic mass is 10.0. The van der Waals surface area contributed by atoms with E-state index in [1.807, 2.05) is 53.8 Å². The summed E-state index contributed by atoms with van der Waals surface area (Å²) in [6, 6.07) is 150. The van der Waals surface area contributed by atoms with Crippen LogP contribution in [0.15, 0.2) is 438 Å². The van der Waals surface area contributed by atoms with E-state index in [1.54, 1.807) is 0 Å². The van der Waals surface area contributed by atoms with Crippen molar-refractivity contribution < 1.29 is 0 Å². The zero-order valence-corrected chi connectivity index (χ0v) is 65.9. The van der Waals surface area contributed by atoms with Crippen LogP contribution in [0.25, 0.3) is 120 Å². The van der Waals surface area contributed by atoms with Crippen LogP contribution in [0.3, 0.4) is 0 Å². The first-order chi connectivity index (χ1) is 54.7. The van der Waals surface area contributed by atoms with E-state index in [4.69, 9.17) is 0 Å². The van der Waals surface area contributed by atoms with E-state index in [0.29, 0.717) is 0 Å². The van der Waals surface area contributed by atoms with E-state index in [9.17, 15) is 0 Å². The van der Waals surface area contributed by atoms with Gasteiger partial charge in [0, 0.05) is 106 Å². The lowest BCUT2D eigenvalue weighted by molar-refractivity contribution is 1.18. The quantitative estimate of drug-likeness (QED) is 0.121. The Morgan fingerprint density at radius 3 is 1.04 bits per heavy atom. The standard InChI is InChI=1S/C42H29BrN2.C24H15Br2N.C18H13NS.C18H15N.4CH4/c43-34-26-33(32-22-25-40-39-18-10-11-19-41(39)45(42(40)28-32)36-16-8-3-9-17-36)27-38(29-34)44(35-14-6-2-7-15-35)37-23-20-31(21-24-37)30-12-4-1-5-13-30;25-18-12-17(13-19(26)15-18)16-10-11-22-21-8-4-5-9-23(21)27(24(22)14-16)20-6-2-1-3-7-20;1-2-6-13(7-3-1)19-14-10-11-18-16(12-14)15-8-4-5-9-17(15)20-18;1-3-7-15(8-4-1)16-11-13-18(14-12-16)19-17-9-5-2-6-10-17;;;;/h1-29H;1-15H;1-12,19H;1-14,19H;4*1H4. The Bertz CT molecular complexity index is 6560. The number of nitrogens with zero attached hydrogens (tertiary/aromatic N) is 3. The number of aromatic nitrogens is 2. The molecule has 0 aliphatic carbocycles. The smallest absolute Gasteiger partial charge is 0.0547 e. The second-order valence-electron chi connectivity index (χ2n) is 27.0. The van der Waals surface area contributed by atoms with Crippen molar-refractivity contribution >= 4 is 163 Å². The average molecular weight is 1700 g/mol. The van der Waals surface area contributed by atoms with E-state index in [0.717, 1.165) is 70.0 Å². The van der Waals surface area contributed by atoms with Crippen LogP contribution >= 0.6 is 59.1 Å². The number of hydrogen-bond donors (Lipinski definition) is 2. The summed E-state index contributed by atoms with van der Waals surface area (Å²) in [7, 11) is 0. The van der Waals surface area contributed by atoms with Crippen molar-refractivity contribution in [3.05, 3.63) is 438 Å². The monoisotopic (exact) mass is 1700 g/mol. The van der Waals surface area contributed by atoms with Gasteiger partial charge in [-0.2, -0.15) is 0 Å². The fraction of sp³-hybridized carbons (Fsp3) is 0.0377. The molecule has 3 heterocycles. The third-order valence-electron chi connectivity index (χ3n) is 19.8. The van der Waals surface area contributed by atoms with Crippen molar-refractivity contribution in [2.75, 3.05) is 15.5 Å². The Kier molecular flexibility index (Phi) is 26.1. The third-order valence-corrected chi connectivity index (χ3v) is 22.3. The highest BCUT2D eigenvalue weighted by Crippen LogP contribution is 2.43. The van der Waals surface area contributed by atoms with E-state index >= 15 is 0 Å². The molecule has 0 fully saturated rings. The highest BCUT2D eigenvalue weighted by Gasteiger charge is 2.19. The molecular formula is C106H88Br3N5S. The van der Waals surface area contributed by atoms with Gasteiger partial charge in [-0.15, -0.1) is 11.3 Å². The van der Waals surface area contributed by atoms with Gasteiger partial charge < -0.3 is 24.7 Å². The number of fused-ring (bicyclic) bond motifs is 9. The molecule has 20 aromatic rings. The fourth-order valence-electron chi connectivity index (χ4n) is 14.6. The van der Waals surface area contributed by atoms with Crippen LogP contribution in [0, 0.1) is 0 Å². The molecule has 0 atom stereocenters. The molecule has 0 spiro atoms. The van der Waals surface area contributed by atoms with Gasteiger partial charge in [0.2, 0.25) is 0 Å². The van der Waals surface area contributed by atoms with Crippen molar-refractivity contribution in [2.24, 2.45) is 0 Å². The van der Waals surface area contributed by atoms with Crippen molar-refractivity contribution in [1.29, 1.82) is 0 Å². The Hall–Kier alpha value is -12.6. The lowest BCUT2D eigenvalue weighted by Crippen LogP contribution is -2.10. The molecule has 0 radical (unpaired) electrons. The average Bonchev–Trinajstić information content (AvgIpc) is 1.60. The number of hydrogen-bond acceptors (Lipinski definition) is 4. The molecule has 0 saturated carbocycles. The summed E-state index contributed by atoms with van der Waals surface area (Å²) >= 11 is 12.9. The Labute approximate surface area is 705 Å². The summed E-state index contributed by atoms with van der Waals surface area (Å²) in [6.45, 7) is 0. The third kappa shape index (κ3) is 18.1. The van der Waals surface area contributed by atoms with Crippen molar-refractivity contribution in [3.63, 3.8) is 0 Å². The molecule has 0 aliphatic heterocycles. The lowest BCUT2D eigenvalue weighted by Gasteiger charge is -2.26.